The minimum absolute atomic E-state index is 0.0356. The zero-order valence-corrected chi connectivity index (χ0v) is 12.3. The van der Waals surface area contributed by atoms with Gasteiger partial charge in [-0.05, 0) is 41.3 Å². The second-order valence-corrected chi connectivity index (χ2v) is 6.05. The van der Waals surface area contributed by atoms with Crippen molar-refractivity contribution in [2.24, 2.45) is 0 Å². The van der Waals surface area contributed by atoms with Crippen LogP contribution in [0.5, 0.6) is 0 Å². The third-order valence-electron chi connectivity index (χ3n) is 3.42. The van der Waals surface area contributed by atoms with Crippen LogP contribution in [-0.4, -0.2) is 5.91 Å². The molecule has 0 saturated heterocycles. The number of anilines is 1. The minimum atomic E-state index is -0.217. The van der Waals surface area contributed by atoms with Gasteiger partial charge in [-0.25, -0.2) is 4.39 Å². The lowest BCUT2D eigenvalue weighted by molar-refractivity contribution is -0.115. The van der Waals surface area contributed by atoms with E-state index in [2.05, 4.69) is 21.2 Å². The number of fused-ring (bicyclic) bond motifs is 1. The van der Waals surface area contributed by atoms with E-state index in [0.29, 0.717) is 12.8 Å². The van der Waals surface area contributed by atoms with Gasteiger partial charge in [-0.15, -0.1) is 0 Å². The molecule has 1 atom stereocenters. The third kappa shape index (κ3) is 2.75. The maximum Gasteiger partial charge on any atom is 0.228 e. The van der Waals surface area contributed by atoms with Crippen LogP contribution in [-0.2, 0) is 17.6 Å². The number of nitrogens with one attached hydrogen (secondary N) is 1. The van der Waals surface area contributed by atoms with Crippen molar-refractivity contribution in [2.75, 3.05) is 5.32 Å². The van der Waals surface area contributed by atoms with Crippen LogP contribution in [0.25, 0.3) is 0 Å². The second kappa shape index (κ2) is 5.37. The highest BCUT2D eigenvalue weighted by Crippen LogP contribution is 2.32. The molecule has 4 heteroatoms. The molecule has 0 saturated carbocycles. The van der Waals surface area contributed by atoms with E-state index in [1.807, 2.05) is 24.3 Å². The Labute approximate surface area is 125 Å². The minimum Gasteiger partial charge on any atom is -0.326 e. The van der Waals surface area contributed by atoms with Crippen molar-refractivity contribution < 1.29 is 9.18 Å². The summed E-state index contributed by atoms with van der Waals surface area (Å²) in [6.07, 6.45) is 1.14. The fourth-order valence-corrected chi connectivity index (χ4v) is 3.09. The number of amides is 1. The van der Waals surface area contributed by atoms with Gasteiger partial charge in [0.15, 0.2) is 0 Å². The molecule has 0 spiro atoms. The standard InChI is InChI=1S/C16H13BrFNO/c17-14(7-10-2-1-3-13(18)6-10)11-4-5-15-12(8-11)9-16(20)19-15/h1-6,8,14H,7,9H2,(H,19,20). The van der Waals surface area contributed by atoms with Crippen LogP contribution in [0.3, 0.4) is 0 Å². The molecule has 2 aromatic carbocycles. The molecule has 0 radical (unpaired) electrons. The monoisotopic (exact) mass is 333 g/mol. The van der Waals surface area contributed by atoms with E-state index < -0.39 is 0 Å². The fraction of sp³-hybridized carbons (Fsp3) is 0.188. The van der Waals surface area contributed by atoms with E-state index in [4.69, 9.17) is 0 Å². The van der Waals surface area contributed by atoms with Crippen LogP contribution in [0, 0.1) is 5.82 Å². The molecule has 1 heterocycles. The number of hydrogen-bond acceptors (Lipinski definition) is 1. The fourth-order valence-electron chi connectivity index (χ4n) is 2.43. The Bertz CT molecular complexity index is 671. The lowest BCUT2D eigenvalue weighted by atomic mass is 10.0. The third-order valence-corrected chi connectivity index (χ3v) is 4.27. The Morgan fingerprint density at radius 3 is 2.90 bits per heavy atom. The van der Waals surface area contributed by atoms with Crippen LogP contribution in [0.15, 0.2) is 42.5 Å². The van der Waals surface area contributed by atoms with Crippen molar-refractivity contribution in [2.45, 2.75) is 17.7 Å². The maximum absolute atomic E-state index is 13.2. The van der Waals surface area contributed by atoms with Crippen molar-refractivity contribution in [3.8, 4) is 0 Å². The maximum atomic E-state index is 13.2. The van der Waals surface area contributed by atoms with Crippen LogP contribution in [0.2, 0.25) is 0 Å². The van der Waals surface area contributed by atoms with Crippen LogP contribution >= 0.6 is 15.9 Å². The van der Waals surface area contributed by atoms with Crippen molar-refractivity contribution in [3.63, 3.8) is 0 Å². The van der Waals surface area contributed by atoms with Crippen molar-refractivity contribution in [1.29, 1.82) is 0 Å². The summed E-state index contributed by atoms with van der Waals surface area (Å²) in [4.78, 5) is 11.4. The van der Waals surface area contributed by atoms with E-state index >= 15 is 0 Å². The SMILES string of the molecule is O=C1Cc2cc(C(Br)Cc3cccc(F)c3)ccc2N1. The van der Waals surface area contributed by atoms with Gasteiger partial charge in [0, 0.05) is 10.5 Å². The molecule has 0 aliphatic carbocycles. The van der Waals surface area contributed by atoms with Gasteiger partial charge in [-0.3, -0.25) is 4.79 Å². The van der Waals surface area contributed by atoms with E-state index in [-0.39, 0.29) is 16.6 Å². The molecular weight excluding hydrogens is 321 g/mol. The smallest absolute Gasteiger partial charge is 0.228 e. The zero-order valence-electron chi connectivity index (χ0n) is 10.7. The number of hydrogen-bond donors (Lipinski definition) is 1. The Hall–Kier alpha value is -1.68. The molecule has 0 aromatic heterocycles. The molecule has 1 aliphatic heterocycles. The van der Waals surface area contributed by atoms with Gasteiger partial charge in [0.05, 0.1) is 6.42 Å². The van der Waals surface area contributed by atoms with Crippen molar-refractivity contribution in [1.82, 2.24) is 0 Å². The van der Waals surface area contributed by atoms with Crippen LogP contribution in [0.4, 0.5) is 10.1 Å². The van der Waals surface area contributed by atoms with Gasteiger partial charge in [-0.2, -0.15) is 0 Å². The first-order valence-electron chi connectivity index (χ1n) is 6.43. The predicted molar refractivity (Wildman–Crippen MR) is 80.5 cm³/mol. The number of alkyl halides is 1. The first kappa shape index (κ1) is 13.3. The molecule has 102 valence electrons. The summed E-state index contributed by atoms with van der Waals surface area (Å²) in [5.74, 6) is -0.181. The summed E-state index contributed by atoms with van der Waals surface area (Å²) in [5.41, 5.74) is 3.96. The Kier molecular flexibility index (Phi) is 3.57. The predicted octanol–water partition coefficient (Wildman–Crippen LogP) is 4.00. The van der Waals surface area contributed by atoms with E-state index in [1.165, 1.54) is 6.07 Å². The quantitative estimate of drug-likeness (QED) is 0.845. The molecule has 3 rings (SSSR count). The highest BCUT2D eigenvalue weighted by molar-refractivity contribution is 9.09. The number of halogens is 2. The lowest BCUT2D eigenvalue weighted by Gasteiger charge is -2.12. The highest BCUT2D eigenvalue weighted by Gasteiger charge is 2.19. The second-order valence-electron chi connectivity index (χ2n) is 4.94. The number of carbonyl (C=O) groups excluding carboxylic acids is 1. The summed E-state index contributed by atoms with van der Waals surface area (Å²) in [7, 11) is 0. The average molecular weight is 334 g/mol. The van der Waals surface area contributed by atoms with Crippen molar-refractivity contribution in [3.05, 3.63) is 65.0 Å². The molecular formula is C16H13BrFNO. The van der Waals surface area contributed by atoms with Gasteiger partial charge in [0.1, 0.15) is 5.82 Å². The summed E-state index contributed by atoms with van der Waals surface area (Å²) < 4.78 is 13.2. The van der Waals surface area contributed by atoms with Crippen LogP contribution < -0.4 is 5.32 Å². The number of carbonyl (C=O) groups is 1. The highest BCUT2D eigenvalue weighted by atomic mass is 79.9. The van der Waals surface area contributed by atoms with Gasteiger partial charge in [0.25, 0.3) is 0 Å². The normalized spacial score (nSPS) is 14.8. The molecule has 1 aliphatic rings. The molecule has 0 bridgehead atoms. The molecule has 0 fully saturated rings. The van der Waals surface area contributed by atoms with E-state index in [1.54, 1.807) is 12.1 Å². The zero-order chi connectivity index (χ0) is 14.1. The largest absolute Gasteiger partial charge is 0.326 e. The molecule has 2 nitrogen and oxygen atoms in total. The summed E-state index contributed by atoms with van der Waals surface area (Å²) in [5, 5.41) is 2.82. The van der Waals surface area contributed by atoms with Crippen LogP contribution in [0.1, 0.15) is 21.5 Å². The Morgan fingerprint density at radius 1 is 1.25 bits per heavy atom. The summed E-state index contributed by atoms with van der Waals surface area (Å²) in [6, 6.07) is 12.6. The Balaban J connectivity index is 1.79. The summed E-state index contributed by atoms with van der Waals surface area (Å²) in [6.45, 7) is 0. The molecule has 1 amide bonds. The molecule has 20 heavy (non-hydrogen) atoms. The summed E-state index contributed by atoms with van der Waals surface area (Å²) >= 11 is 3.64. The van der Waals surface area contributed by atoms with Gasteiger partial charge >= 0.3 is 0 Å². The van der Waals surface area contributed by atoms with Gasteiger partial charge in [0.2, 0.25) is 5.91 Å². The van der Waals surface area contributed by atoms with Crippen molar-refractivity contribution >= 4 is 27.5 Å². The Morgan fingerprint density at radius 2 is 2.10 bits per heavy atom. The average Bonchev–Trinajstić information content (AvgIpc) is 2.77. The molecule has 1 unspecified atom stereocenters. The van der Waals surface area contributed by atoms with E-state index in [9.17, 15) is 9.18 Å². The first-order valence-corrected chi connectivity index (χ1v) is 7.34. The molecule has 1 N–H and O–H groups in total. The number of benzene rings is 2. The van der Waals surface area contributed by atoms with Gasteiger partial charge < -0.3 is 5.32 Å². The lowest BCUT2D eigenvalue weighted by Crippen LogP contribution is -2.03. The van der Waals surface area contributed by atoms with Gasteiger partial charge in [-0.1, -0.05) is 40.2 Å². The molecule has 2 aromatic rings. The first-order chi connectivity index (χ1) is 9.61. The number of rotatable bonds is 3. The van der Waals surface area contributed by atoms with E-state index in [0.717, 1.165) is 22.4 Å². The topological polar surface area (TPSA) is 29.1 Å².